The number of carbonyl (C=O) groups excluding carboxylic acids is 2. The maximum atomic E-state index is 12.3. The Balaban J connectivity index is 1.81. The van der Waals surface area contributed by atoms with Crippen molar-refractivity contribution in [2.75, 3.05) is 0 Å². The van der Waals surface area contributed by atoms with E-state index < -0.39 is 0 Å². The van der Waals surface area contributed by atoms with Gasteiger partial charge in [-0.1, -0.05) is 0 Å². The number of fused-ring (bicyclic) bond motifs is 1. The molecule has 17 heavy (non-hydrogen) atoms. The minimum absolute atomic E-state index is 0.0345. The van der Waals surface area contributed by atoms with Crippen molar-refractivity contribution in [1.82, 2.24) is 5.32 Å². The fourth-order valence-electron chi connectivity index (χ4n) is 3.82. The largest absolute Gasteiger partial charge is 0.462 e. The second kappa shape index (κ2) is 3.24. The first kappa shape index (κ1) is 11.1. The minimum Gasteiger partial charge on any atom is -0.462 e. The zero-order valence-electron chi connectivity index (χ0n) is 10.5. The van der Waals surface area contributed by atoms with E-state index in [1.165, 1.54) is 0 Å². The van der Waals surface area contributed by atoms with Gasteiger partial charge in [0.25, 0.3) is 0 Å². The van der Waals surface area contributed by atoms with Crippen molar-refractivity contribution in [3.8, 4) is 0 Å². The van der Waals surface area contributed by atoms with Gasteiger partial charge in [0.05, 0.1) is 11.8 Å². The summed E-state index contributed by atoms with van der Waals surface area (Å²) in [6.07, 6.45) is 1.98. The molecule has 5 atom stereocenters. The van der Waals surface area contributed by atoms with Gasteiger partial charge in [-0.05, 0) is 39.5 Å². The third kappa shape index (κ3) is 1.57. The highest BCUT2D eigenvalue weighted by atomic mass is 16.6. The Kier molecular flexibility index (Phi) is 2.11. The summed E-state index contributed by atoms with van der Waals surface area (Å²) in [6, 6.07) is 0. The first-order chi connectivity index (χ1) is 7.87. The molecular weight excluding hydrogens is 218 g/mol. The van der Waals surface area contributed by atoms with Crippen LogP contribution in [0.3, 0.4) is 0 Å². The van der Waals surface area contributed by atoms with Crippen molar-refractivity contribution in [1.29, 1.82) is 0 Å². The van der Waals surface area contributed by atoms with Crippen LogP contribution in [-0.4, -0.2) is 23.5 Å². The van der Waals surface area contributed by atoms with Gasteiger partial charge in [0, 0.05) is 11.5 Å². The van der Waals surface area contributed by atoms with E-state index in [9.17, 15) is 9.59 Å². The van der Waals surface area contributed by atoms with E-state index in [-0.39, 0.29) is 35.4 Å². The average molecular weight is 237 g/mol. The molecule has 0 aromatic carbocycles. The molecule has 0 aromatic rings. The number of esters is 1. The molecule has 0 spiro atoms. The molecule has 2 aliphatic carbocycles. The molecule has 1 saturated heterocycles. The fourth-order valence-corrected chi connectivity index (χ4v) is 3.82. The Labute approximate surface area is 101 Å². The summed E-state index contributed by atoms with van der Waals surface area (Å²) < 4.78 is 5.33. The molecule has 3 rings (SSSR count). The Hall–Kier alpha value is -1.06. The van der Waals surface area contributed by atoms with E-state index in [0.29, 0.717) is 11.8 Å². The normalized spacial score (nSPS) is 42.8. The monoisotopic (exact) mass is 237 g/mol. The van der Waals surface area contributed by atoms with Crippen LogP contribution in [0, 0.1) is 23.7 Å². The number of rotatable bonds is 1. The maximum absolute atomic E-state index is 12.3. The van der Waals surface area contributed by atoms with Crippen LogP contribution in [0.15, 0.2) is 0 Å². The third-order valence-corrected chi connectivity index (χ3v) is 4.28. The molecule has 4 heteroatoms. The summed E-state index contributed by atoms with van der Waals surface area (Å²) in [7, 11) is 0. The van der Waals surface area contributed by atoms with Crippen LogP contribution in [0.25, 0.3) is 0 Å². The second-order valence-electron chi connectivity index (χ2n) is 6.66. The van der Waals surface area contributed by atoms with Crippen LogP contribution < -0.4 is 5.32 Å². The summed E-state index contributed by atoms with van der Waals surface area (Å²) >= 11 is 0. The Bertz CT molecular complexity index is 383. The molecule has 2 bridgehead atoms. The molecule has 4 nitrogen and oxygen atoms in total. The van der Waals surface area contributed by atoms with Crippen LogP contribution in [0.5, 0.6) is 0 Å². The maximum Gasteiger partial charge on any atom is 0.310 e. The highest BCUT2D eigenvalue weighted by molar-refractivity contribution is 5.88. The molecule has 94 valence electrons. The summed E-state index contributed by atoms with van der Waals surface area (Å²) in [5.41, 5.74) is -0.235. The molecule has 1 N–H and O–H groups in total. The van der Waals surface area contributed by atoms with Gasteiger partial charge in [-0.3, -0.25) is 9.59 Å². The Morgan fingerprint density at radius 1 is 1.35 bits per heavy atom. The SMILES string of the molecule is CC(C)(C)NC(=O)[C@H]1[C@H]2C[C@@H]3[C@@H]1C(=O)O[C@@H]3C2. The fraction of sp³-hybridized carbons (Fsp3) is 0.846. The summed E-state index contributed by atoms with van der Waals surface area (Å²) in [5, 5.41) is 3.00. The van der Waals surface area contributed by atoms with Gasteiger partial charge in [-0.25, -0.2) is 0 Å². The molecular formula is C13H19NO3. The summed E-state index contributed by atoms with van der Waals surface area (Å²) in [4.78, 5) is 24.0. The first-order valence-electron chi connectivity index (χ1n) is 6.39. The van der Waals surface area contributed by atoms with Crippen LogP contribution >= 0.6 is 0 Å². The van der Waals surface area contributed by atoms with Crippen molar-refractivity contribution in [2.24, 2.45) is 23.7 Å². The van der Waals surface area contributed by atoms with Crippen molar-refractivity contribution in [3.63, 3.8) is 0 Å². The van der Waals surface area contributed by atoms with Gasteiger partial charge in [0.15, 0.2) is 0 Å². The Morgan fingerprint density at radius 2 is 2.06 bits per heavy atom. The van der Waals surface area contributed by atoms with Crippen molar-refractivity contribution >= 4 is 11.9 Å². The number of hydrogen-bond acceptors (Lipinski definition) is 3. The van der Waals surface area contributed by atoms with E-state index in [2.05, 4.69) is 5.32 Å². The smallest absolute Gasteiger partial charge is 0.310 e. The van der Waals surface area contributed by atoms with Crippen LogP contribution in [0.4, 0.5) is 0 Å². The molecule has 1 aliphatic heterocycles. The van der Waals surface area contributed by atoms with Gasteiger partial charge < -0.3 is 10.1 Å². The predicted octanol–water partition coefficient (Wildman–Crippen LogP) is 1.10. The lowest BCUT2D eigenvalue weighted by Gasteiger charge is -2.28. The molecule has 3 fully saturated rings. The zero-order valence-corrected chi connectivity index (χ0v) is 10.5. The lowest BCUT2D eigenvalue weighted by molar-refractivity contribution is -0.146. The molecule has 1 heterocycles. The number of carbonyl (C=O) groups is 2. The van der Waals surface area contributed by atoms with Gasteiger partial charge >= 0.3 is 5.97 Å². The minimum atomic E-state index is -0.235. The van der Waals surface area contributed by atoms with Crippen LogP contribution in [0.1, 0.15) is 33.6 Å². The van der Waals surface area contributed by atoms with Gasteiger partial charge in [-0.15, -0.1) is 0 Å². The topological polar surface area (TPSA) is 55.4 Å². The lowest BCUT2D eigenvalue weighted by Crippen LogP contribution is -2.47. The molecule has 2 saturated carbocycles. The van der Waals surface area contributed by atoms with Crippen molar-refractivity contribution in [2.45, 2.75) is 45.3 Å². The zero-order chi connectivity index (χ0) is 12.4. The second-order valence-corrected chi connectivity index (χ2v) is 6.66. The average Bonchev–Trinajstić information content (AvgIpc) is 2.73. The van der Waals surface area contributed by atoms with Gasteiger partial charge in [-0.2, -0.15) is 0 Å². The van der Waals surface area contributed by atoms with Gasteiger partial charge in [0.1, 0.15) is 6.10 Å². The predicted molar refractivity (Wildman–Crippen MR) is 61.0 cm³/mol. The standard InChI is InChI=1S/C13H19NO3/c1-13(2,3)14-11(15)9-6-4-7-8(5-6)17-12(16)10(7)9/h6-10H,4-5H2,1-3H3,(H,14,15)/t6-,7-,8+,9-,10-/m0/s1. The van der Waals surface area contributed by atoms with E-state index in [1.807, 2.05) is 20.8 Å². The van der Waals surface area contributed by atoms with Crippen LogP contribution in [0.2, 0.25) is 0 Å². The first-order valence-corrected chi connectivity index (χ1v) is 6.39. The summed E-state index contributed by atoms with van der Waals surface area (Å²) in [6.45, 7) is 5.90. The van der Waals surface area contributed by atoms with E-state index in [1.54, 1.807) is 0 Å². The Morgan fingerprint density at radius 3 is 2.71 bits per heavy atom. The van der Waals surface area contributed by atoms with Gasteiger partial charge in [0.2, 0.25) is 5.91 Å². The highest BCUT2D eigenvalue weighted by Gasteiger charge is 2.64. The number of hydrogen-bond donors (Lipinski definition) is 1. The van der Waals surface area contributed by atoms with E-state index in [4.69, 9.17) is 4.74 Å². The number of nitrogens with one attached hydrogen (secondary N) is 1. The molecule has 3 aliphatic rings. The lowest BCUT2D eigenvalue weighted by atomic mass is 9.79. The molecule has 0 aromatic heterocycles. The molecule has 1 amide bonds. The summed E-state index contributed by atoms with van der Waals surface area (Å²) in [5.74, 6) is 0.236. The molecule has 0 radical (unpaired) electrons. The number of ether oxygens (including phenoxy) is 1. The molecule has 0 unspecified atom stereocenters. The highest BCUT2D eigenvalue weighted by Crippen LogP contribution is 2.57. The van der Waals surface area contributed by atoms with Crippen molar-refractivity contribution in [3.05, 3.63) is 0 Å². The van der Waals surface area contributed by atoms with Crippen LogP contribution in [-0.2, 0) is 14.3 Å². The number of amides is 1. The third-order valence-electron chi connectivity index (χ3n) is 4.28. The van der Waals surface area contributed by atoms with E-state index in [0.717, 1.165) is 12.8 Å². The quantitative estimate of drug-likeness (QED) is 0.695. The van der Waals surface area contributed by atoms with Crippen molar-refractivity contribution < 1.29 is 14.3 Å². The van der Waals surface area contributed by atoms with E-state index >= 15 is 0 Å².